The number of rotatable bonds is 5. The third kappa shape index (κ3) is 4.22. The van der Waals surface area contributed by atoms with Crippen molar-refractivity contribution in [3.63, 3.8) is 0 Å². The monoisotopic (exact) mass is 432 g/mol. The number of amides is 1. The average Bonchev–Trinajstić information content (AvgIpc) is 3.07. The van der Waals surface area contributed by atoms with Gasteiger partial charge < -0.3 is 10.1 Å². The van der Waals surface area contributed by atoms with Crippen LogP contribution in [0.2, 0.25) is 0 Å². The van der Waals surface area contributed by atoms with Crippen molar-refractivity contribution < 1.29 is 22.7 Å². The lowest BCUT2D eigenvalue weighted by Gasteiger charge is -2.38. The molecule has 6 nitrogen and oxygen atoms in total. The minimum atomic E-state index is -4.63. The van der Waals surface area contributed by atoms with E-state index in [4.69, 9.17) is 4.74 Å². The molecule has 1 saturated carbocycles. The van der Waals surface area contributed by atoms with Crippen LogP contribution in [0.5, 0.6) is 5.75 Å². The summed E-state index contributed by atoms with van der Waals surface area (Å²) in [4.78, 5) is 16.0. The first-order chi connectivity index (χ1) is 14.7. The van der Waals surface area contributed by atoms with E-state index < -0.39 is 17.8 Å². The highest BCUT2D eigenvalue weighted by molar-refractivity contribution is 6.05. The summed E-state index contributed by atoms with van der Waals surface area (Å²) >= 11 is 0. The van der Waals surface area contributed by atoms with Crippen molar-refractivity contribution in [3.8, 4) is 5.75 Å². The summed E-state index contributed by atoms with van der Waals surface area (Å²) in [6.45, 7) is 4.44. The second-order valence-electron chi connectivity index (χ2n) is 8.21. The highest BCUT2D eigenvalue weighted by Crippen LogP contribution is 2.42. The van der Waals surface area contributed by atoms with Gasteiger partial charge in [0, 0.05) is 17.6 Å². The number of nitrogens with zero attached hydrogens (tertiary/aromatic N) is 3. The summed E-state index contributed by atoms with van der Waals surface area (Å²) in [5, 5.41) is 8.05. The number of benzene rings is 1. The van der Waals surface area contributed by atoms with E-state index in [-0.39, 0.29) is 5.69 Å². The maximum absolute atomic E-state index is 12.9. The van der Waals surface area contributed by atoms with Gasteiger partial charge in [-0.2, -0.15) is 18.3 Å². The Hall–Kier alpha value is -3.10. The highest BCUT2D eigenvalue weighted by atomic mass is 19.4. The molecule has 2 aromatic heterocycles. The van der Waals surface area contributed by atoms with Crippen LogP contribution < -0.4 is 10.1 Å². The Morgan fingerprint density at radius 3 is 2.65 bits per heavy atom. The van der Waals surface area contributed by atoms with Crippen molar-refractivity contribution in [2.24, 2.45) is 11.8 Å². The van der Waals surface area contributed by atoms with Crippen molar-refractivity contribution >= 4 is 22.5 Å². The number of hydrogen-bond donors (Lipinski definition) is 1. The van der Waals surface area contributed by atoms with Crippen molar-refractivity contribution in [3.05, 3.63) is 47.9 Å². The number of anilines is 1. The third-order valence-electron chi connectivity index (χ3n) is 5.83. The van der Waals surface area contributed by atoms with Gasteiger partial charge in [0.05, 0.1) is 24.4 Å². The van der Waals surface area contributed by atoms with Crippen LogP contribution in [0, 0.1) is 11.8 Å². The molecule has 164 valence electrons. The molecule has 2 heterocycles. The topological polar surface area (TPSA) is 69.0 Å². The van der Waals surface area contributed by atoms with Gasteiger partial charge in [-0.3, -0.25) is 9.48 Å². The number of nitrogens with one attached hydrogen (secondary N) is 1. The number of halogens is 3. The zero-order valence-corrected chi connectivity index (χ0v) is 17.4. The second-order valence-corrected chi connectivity index (χ2v) is 8.21. The second kappa shape index (κ2) is 7.86. The molecule has 1 aliphatic rings. The van der Waals surface area contributed by atoms with Crippen LogP contribution in [0.1, 0.15) is 48.9 Å². The van der Waals surface area contributed by atoms with Gasteiger partial charge in [-0.1, -0.05) is 19.9 Å². The van der Waals surface area contributed by atoms with E-state index in [0.717, 1.165) is 35.9 Å². The Labute approximate surface area is 177 Å². The van der Waals surface area contributed by atoms with Crippen molar-refractivity contribution in [2.75, 3.05) is 12.4 Å². The average molecular weight is 432 g/mol. The minimum absolute atomic E-state index is 0.332. The number of hydrogen-bond acceptors (Lipinski definition) is 4. The molecule has 0 spiro atoms. The van der Waals surface area contributed by atoms with Crippen LogP contribution >= 0.6 is 0 Å². The van der Waals surface area contributed by atoms with Gasteiger partial charge in [0.1, 0.15) is 17.1 Å². The zero-order valence-electron chi connectivity index (χ0n) is 17.4. The highest BCUT2D eigenvalue weighted by Gasteiger charge is 2.34. The van der Waals surface area contributed by atoms with Crippen molar-refractivity contribution in [1.29, 1.82) is 0 Å². The van der Waals surface area contributed by atoms with E-state index in [1.165, 1.54) is 13.2 Å². The maximum atomic E-state index is 12.9. The fourth-order valence-electron chi connectivity index (χ4n) is 3.82. The van der Waals surface area contributed by atoms with Crippen LogP contribution in [0.25, 0.3) is 10.9 Å². The number of fused-ring (bicyclic) bond motifs is 1. The first-order valence-electron chi connectivity index (χ1n) is 10.1. The number of methoxy groups -OCH3 is 1. The Bertz CT molecular complexity index is 1120. The number of carbonyl (C=O) groups excluding carboxylic acids is 1. The van der Waals surface area contributed by atoms with E-state index in [1.54, 1.807) is 12.1 Å². The molecule has 1 aliphatic carbocycles. The number of pyridine rings is 1. The third-order valence-corrected chi connectivity index (χ3v) is 5.83. The molecule has 9 heteroatoms. The Balaban J connectivity index is 1.58. The predicted molar refractivity (Wildman–Crippen MR) is 110 cm³/mol. The van der Waals surface area contributed by atoms with Crippen molar-refractivity contribution in [2.45, 2.75) is 38.9 Å². The smallest absolute Gasteiger partial charge is 0.433 e. The van der Waals surface area contributed by atoms with Crippen LogP contribution in [-0.2, 0) is 6.18 Å². The summed E-state index contributed by atoms with van der Waals surface area (Å²) in [6.07, 6.45) is -0.549. The van der Waals surface area contributed by atoms with Crippen LogP contribution in [0.15, 0.2) is 36.5 Å². The predicted octanol–water partition coefficient (Wildman–Crippen LogP) is 5.32. The van der Waals surface area contributed by atoms with Gasteiger partial charge in [0.2, 0.25) is 0 Å². The van der Waals surface area contributed by atoms with E-state index in [2.05, 4.69) is 29.2 Å². The summed E-state index contributed by atoms with van der Waals surface area (Å²) in [7, 11) is 1.45. The lowest BCUT2D eigenvalue weighted by Crippen LogP contribution is -2.30. The largest absolute Gasteiger partial charge is 0.494 e. The molecule has 1 amide bonds. The number of carbonyl (C=O) groups is 1. The van der Waals surface area contributed by atoms with Crippen LogP contribution in [0.4, 0.5) is 18.9 Å². The zero-order chi connectivity index (χ0) is 22.3. The summed E-state index contributed by atoms with van der Waals surface area (Å²) in [6, 6.07) is 6.97. The molecule has 1 aromatic carbocycles. The summed E-state index contributed by atoms with van der Waals surface area (Å²) in [5.41, 5.74) is -0.390. The van der Waals surface area contributed by atoms with E-state index >= 15 is 0 Å². The minimum Gasteiger partial charge on any atom is -0.494 e. The number of ether oxygens (including phenoxy) is 1. The lowest BCUT2D eigenvalue weighted by atomic mass is 9.74. The Morgan fingerprint density at radius 1 is 1.26 bits per heavy atom. The van der Waals surface area contributed by atoms with Gasteiger partial charge in [0.25, 0.3) is 5.91 Å². The molecule has 3 aromatic rings. The maximum Gasteiger partial charge on any atom is 0.433 e. The molecular weight excluding hydrogens is 409 g/mol. The standard InChI is InChI=1S/C22H23F3N4O2/c1-12(2)13-7-15(8-13)29-11-14-9-18(19(31-3)10-17(14)28-29)27-21(30)16-5-4-6-20(26-16)22(23,24)25/h4-6,9-13,15H,7-8H2,1-3H3,(H,27,30). The quantitative estimate of drug-likeness (QED) is 0.593. The molecule has 0 aliphatic heterocycles. The van der Waals surface area contributed by atoms with E-state index in [1.807, 2.05) is 10.9 Å². The molecule has 0 saturated heterocycles. The Kier molecular flexibility index (Phi) is 5.36. The lowest BCUT2D eigenvalue weighted by molar-refractivity contribution is -0.141. The normalized spacial score (nSPS) is 18.8. The molecular formula is C22H23F3N4O2. The van der Waals surface area contributed by atoms with Crippen LogP contribution in [-0.4, -0.2) is 27.8 Å². The molecule has 0 bridgehead atoms. The SMILES string of the molecule is COc1cc2nn(C3CC(C(C)C)C3)cc2cc1NC(=O)c1cccc(C(F)(F)F)n1. The summed E-state index contributed by atoms with van der Waals surface area (Å²) < 4.78 is 46.0. The molecule has 0 radical (unpaired) electrons. The van der Waals surface area contributed by atoms with Gasteiger partial charge in [-0.15, -0.1) is 0 Å². The van der Waals surface area contributed by atoms with Gasteiger partial charge in [0.15, 0.2) is 0 Å². The first-order valence-corrected chi connectivity index (χ1v) is 10.1. The fourth-order valence-corrected chi connectivity index (χ4v) is 3.82. The molecule has 0 unspecified atom stereocenters. The molecule has 1 fully saturated rings. The van der Waals surface area contributed by atoms with Gasteiger partial charge in [-0.05, 0) is 42.9 Å². The fraction of sp³-hybridized carbons (Fsp3) is 0.409. The summed E-state index contributed by atoms with van der Waals surface area (Å²) in [5.74, 6) is 0.955. The molecule has 31 heavy (non-hydrogen) atoms. The first kappa shape index (κ1) is 21.1. The van der Waals surface area contributed by atoms with Crippen LogP contribution in [0.3, 0.4) is 0 Å². The number of alkyl halides is 3. The van der Waals surface area contributed by atoms with E-state index in [9.17, 15) is 18.0 Å². The Morgan fingerprint density at radius 2 is 2.00 bits per heavy atom. The molecule has 1 N–H and O–H groups in total. The van der Waals surface area contributed by atoms with Gasteiger partial charge >= 0.3 is 6.18 Å². The molecule has 0 atom stereocenters. The molecule has 4 rings (SSSR count). The number of aromatic nitrogens is 3. The van der Waals surface area contributed by atoms with Gasteiger partial charge in [-0.25, -0.2) is 4.98 Å². The van der Waals surface area contributed by atoms with Crippen molar-refractivity contribution in [1.82, 2.24) is 14.8 Å². The van der Waals surface area contributed by atoms with E-state index in [0.29, 0.717) is 29.3 Å².